The fourth-order valence-electron chi connectivity index (χ4n) is 4.43. The Morgan fingerprint density at radius 2 is 1.89 bits per heavy atom. The van der Waals surface area contributed by atoms with E-state index < -0.39 is 16.1 Å². The Balaban J connectivity index is 1.59. The van der Waals surface area contributed by atoms with Gasteiger partial charge in [-0.1, -0.05) is 61.9 Å². The van der Waals surface area contributed by atoms with Gasteiger partial charge in [-0.15, -0.1) is 0 Å². The van der Waals surface area contributed by atoms with Crippen LogP contribution in [-0.4, -0.2) is 53.0 Å². The number of carbonyl (C=O) groups excluding carboxylic acids is 1. The molecule has 1 fully saturated rings. The Kier molecular flexibility index (Phi) is 7.80. The summed E-state index contributed by atoms with van der Waals surface area (Å²) in [7, 11) is -3.97. The van der Waals surface area contributed by atoms with Gasteiger partial charge in [0.1, 0.15) is 10.9 Å². The number of rotatable bonds is 8. The van der Waals surface area contributed by atoms with Gasteiger partial charge in [-0.3, -0.25) is 15.2 Å². The SMILES string of the molecule is Cc1ccc(CN(CC(C)C)NC(=O)[C@@H]2C[C@@H](S)CN2S(=O)(=O)c2cccc3cccnc23)cc1. The van der Waals surface area contributed by atoms with Gasteiger partial charge < -0.3 is 0 Å². The number of hydrazine groups is 1. The molecular formula is C26H32N4O3S2. The van der Waals surface area contributed by atoms with Crippen molar-refractivity contribution in [1.29, 1.82) is 0 Å². The summed E-state index contributed by atoms with van der Waals surface area (Å²) < 4.78 is 28.8. The highest BCUT2D eigenvalue weighted by Gasteiger charge is 2.44. The van der Waals surface area contributed by atoms with Crippen molar-refractivity contribution in [2.24, 2.45) is 5.92 Å². The van der Waals surface area contributed by atoms with Gasteiger partial charge in [-0.25, -0.2) is 13.4 Å². The second kappa shape index (κ2) is 10.7. The van der Waals surface area contributed by atoms with Crippen LogP contribution < -0.4 is 5.43 Å². The Morgan fingerprint density at radius 3 is 2.60 bits per heavy atom. The molecule has 4 rings (SSSR count). The average molecular weight is 513 g/mol. The van der Waals surface area contributed by atoms with Gasteiger partial charge in [0.2, 0.25) is 10.0 Å². The number of hydrogen-bond acceptors (Lipinski definition) is 6. The summed E-state index contributed by atoms with van der Waals surface area (Å²) in [6, 6.07) is 16.0. The molecule has 0 unspecified atom stereocenters. The zero-order chi connectivity index (χ0) is 25.2. The number of para-hydroxylation sites is 1. The molecule has 1 aromatic heterocycles. The quantitative estimate of drug-likeness (QED) is 0.355. The third-order valence-corrected chi connectivity index (χ3v) is 8.35. The number of hydrogen-bond donors (Lipinski definition) is 2. The van der Waals surface area contributed by atoms with Crippen LogP contribution in [0.15, 0.2) is 65.7 Å². The van der Waals surface area contributed by atoms with Crippen LogP contribution in [-0.2, 0) is 21.4 Å². The summed E-state index contributed by atoms with van der Waals surface area (Å²) in [5.41, 5.74) is 5.64. The lowest BCUT2D eigenvalue weighted by Gasteiger charge is -2.29. The minimum atomic E-state index is -3.97. The molecular weight excluding hydrogens is 480 g/mol. The first-order chi connectivity index (χ1) is 16.6. The van der Waals surface area contributed by atoms with Crippen LogP contribution in [0.2, 0.25) is 0 Å². The van der Waals surface area contributed by atoms with Gasteiger partial charge in [-0.2, -0.15) is 16.9 Å². The van der Waals surface area contributed by atoms with Crippen molar-refractivity contribution in [2.45, 2.75) is 49.9 Å². The maximum Gasteiger partial charge on any atom is 0.252 e. The predicted molar refractivity (Wildman–Crippen MR) is 141 cm³/mol. The van der Waals surface area contributed by atoms with E-state index in [-0.39, 0.29) is 22.6 Å². The number of amides is 1. The van der Waals surface area contributed by atoms with Crippen LogP contribution in [0.1, 0.15) is 31.4 Å². The van der Waals surface area contributed by atoms with Crippen LogP contribution in [0.4, 0.5) is 0 Å². The molecule has 2 atom stereocenters. The Bertz CT molecular complexity index is 1290. The summed E-state index contributed by atoms with van der Waals surface area (Å²) in [5.74, 6) is -0.0328. The van der Waals surface area contributed by atoms with Crippen molar-refractivity contribution in [3.05, 3.63) is 71.9 Å². The number of pyridine rings is 1. The summed E-state index contributed by atoms with van der Waals surface area (Å²) >= 11 is 4.54. The largest absolute Gasteiger partial charge is 0.287 e. The van der Waals surface area contributed by atoms with E-state index in [1.807, 2.05) is 48.3 Å². The molecule has 0 spiro atoms. The lowest BCUT2D eigenvalue weighted by atomic mass is 10.1. The molecule has 1 amide bonds. The van der Waals surface area contributed by atoms with E-state index in [1.165, 1.54) is 9.87 Å². The monoisotopic (exact) mass is 512 g/mol. The Morgan fingerprint density at radius 1 is 1.17 bits per heavy atom. The predicted octanol–water partition coefficient (Wildman–Crippen LogP) is 3.79. The Labute approximate surface area is 213 Å². The maximum atomic E-state index is 13.8. The lowest BCUT2D eigenvalue weighted by molar-refractivity contribution is -0.129. The highest BCUT2D eigenvalue weighted by atomic mass is 32.2. The van der Waals surface area contributed by atoms with Crippen molar-refractivity contribution in [2.75, 3.05) is 13.1 Å². The molecule has 35 heavy (non-hydrogen) atoms. The van der Waals surface area contributed by atoms with Gasteiger partial charge in [0.15, 0.2) is 0 Å². The molecule has 0 aliphatic carbocycles. The van der Waals surface area contributed by atoms with Crippen molar-refractivity contribution < 1.29 is 13.2 Å². The molecule has 186 valence electrons. The van der Waals surface area contributed by atoms with E-state index in [4.69, 9.17) is 0 Å². The number of benzene rings is 2. The third kappa shape index (κ3) is 5.86. The first-order valence-corrected chi connectivity index (χ1v) is 13.8. The van der Waals surface area contributed by atoms with E-state index in [0.717, 1.165) is 10.9 Å². The molecule has 2 aromatic carbocycles. The fraction of sp³-hybridized carbons (Fsp3) is 0.385. The standard InChI is InChI=1S/C26H32N4O3S2/c1-18(2)15-29(16-20-11-9-19(3)10-12-20)28-26(31)23-14-22(34)17-30(23)35(32,33)24-8-4-6-21-7-5-13-27-25(21)24/h4-13,18,22-23,34H,14-17H2,1-3H3,(H,28,31)/t22-,23+/m1/s1. The van der Waals surface area contributed by atoms with E-state index in [1.54, 1.807) is 24.4 Å². The van der Waals surface area contributed by atoms with E-state index in [9.17, 15) is 13.2 Å². The molecule has 0 bridgehead atoms. The van der Waals surface area contributed by atoms with E-state index >= 15 is 0 Å². The van der Waals surface area contributed by atoms with Crippen molar-refractivity contribution in [1.82, 2.24) is 19.7 Å². The molecule has 1 N–H and O–H groups in total. The average Bonchev–Trinajstić information content (AvgIpc) is 3.22. The lowest BCUT2D eigenvalue weighted by Crippen LogP contribution is -2.52. The molecule has 1 aliphatic heterocycles. The second-order valence-corrected chi connectivity index (χ2v) is 12.1. The Hall–Kier alpha value is -2.46. The number of nitrogens with zero attached hydrogens (tertiary/aromatic N) is 3. The van der Waals surface area contributed by atoms with Crippen LogP contribution >= 0.6 is 12.6 Å². The molecule has 1 aliphatic rings. The van der Waals surface area contributed by atoms with Gasteiger partial charge >= 0.3 is 0 Å². The number of nitrogens with one attached hydrogen (secondary N) is 1. The summed E-state index contributed by atoms with van der Waals surface area (Å²) in [6.45, 7) is 7.52. The van der Waals surface area contributed by atoms with Crippen molar-refractivity contribution in [3.63, 3.8) is 0 Å². The van der Waals surface area contributed by atoms with E-state index in [2.05, 4.69) is 36.9 Å². The van der Waals surface area contributed by atoms with Crippen LogP contribution in [0, 0.1) is 12.8 Å². The number of sulfonamides is 1. The molecule has 0 saturated carbocycles. The minimum absolute atomic E-state index is 0.106. The second-order valence-electron chi connectivity index (χ2n) is 9.55. The van der Waals surface area contributed by atoms with Gasteiger partial charge in [0.05, 0.1) is 5.52 Å². The molecule has 3 aromatic rings. The van der Waals surface area contributed by atoms with Crippen LogP contribution in [0.5, 0.6) is 0 Å². The minimum Gasteiger partial charge on any atom is -0.287 e. The zero-order valence-electron chi connectivity index (χ0n) is 20.3. The van der Waals surface area contributed by atoms with Gasteiger partial charge in [0, 0.05) is 36.5 Å². The molecule has 1 saturated heterocycles. The first-order valence-electron chi connectivity index (χ1n) is 11.8. The summed E-state index contributed by atoms with van der Waals surface area (Å²) in [5, 5.41) is 2.37. The number of carbonyl (C=O) groups is 1. The first kappa shape index (κ1) is 25.6. The van der Waals surface area contributed by atoms with Crippen molar-refractivity contribution in [3.8, 4) is 0 Å². The third-order valence-electron chi connectivity index (χ3n) is 6.07. The van der Waals surface area contributed by atoms with Gasteiger partial charge in [-0.05, 0) is 37.0 Å². The molecule has 2 heterocycles. The number of thiol groups is 1. The highest BCUT2D eigenvalue weighted by molar-refractivity contribution is 7.89. The summed E-state index contributed by atoms with van der Waals surface area (Å²) in [4.78, 5) is 17.9. The normalized spacial score (nSPS) is 19.0. The van der Waals surface area contributed by atoms with Crippen LogP contribution in [0.3, 0.4) is 0 Å². The zero-order valence-corrected chi connectivity index (χ0v) is 22.0. The number of fused-ring (bicyclic) bond motifs is 1. The van der Waals surface area contributed by atoms with Crippen LogP contribution in [0.25, 0.3) is 10.9 Å². The fourth-order valence-corrected chi connectivity index (χ4v) is 6.73. The smallest absolute Gasteiger partial charge is 0.252 e. The maximum absolute atomic E-state index is 13.8. The van der Waals surface area contributed by atoms with E-state index in [0.29, 0.717) is 30.9 Å². The molecule has 7 nitrogen and oxygen atoms in total. The van der Waals surface area contributed by atoms with Gasteiger partial charge in [0.25, 0.3) is 5.91 Å². The highest BCUT2D eigenvalue weighted by Crippen LogP contribution is 2.31. The van der Waals surface area contributed by atoms with Crippen molar-refractivity contribution >= 4 is 39.5 Å². The molecule has 0 radical (unpaired) electrons. The number of aryl methyl sites for hydroxylation is 1. The summed E-state index contributed by atoms with van der Waals surface area (Å²) in [6.07, 6.45) is 1.91. The number of aromatic nitrogens is 1. The molecule has 9 heteroatoms. The topological polar surface area (TPSA) is 82.6 Å².